The van der Waals surface area contributed by atoms with Crippen LogP contribution in [-0.4, -0.2) is 21.7 Å². The van der Waals surface area contributed by atoms with Crippen LogP contribution in [0, 0.1) is 0 Å². The van der Waals surface area contributed by atoms with Gasteiger partial charge in [0.2, 0.25) is 0 Å². The Balaban J connectivity index is 2.25. The molecule has 0 saturated carbocycles. The van der Waals surface area contributed by atoms with Gasteiger partial charge in [0.1, 0.15) is 18.2 Å². The molecular formula is C13H14N2O2. The molecule has 1 unspecified atom stereocenters. The van der Waals surface area contributed by atoms with Crippen molar-refractivity contribution < 1.29 is 9.84 Å². The predicted molar refractivity (Wildman–Crippen MR) is 63.7 cm³/mol. The van der Waals surface area contributed by atoms with Crippen molar-refractivity contribution in [2.75, 3.05) is 6.61 Å². The number of benzene rings is 1. The van der Waals surface area contributed by atoms with E-state index in [-0.39, 0.29) is 0 Å². The van der Waals surface area contributed by atoms with Crippen LogP contribution in [0.15, 0.2) is 42.9 Å². The summed E-state index contributed by atoms with van der Waals surface area (Å²) in [4.78, 5) is 7.85. The van der Waals surface area contributed by atoms with E-state index in [0.29, 0.717) is 12.3 Å². The van der Waals surface area contributed by atoms with Crippen LogP contribution >= 0.6 is 0 Å². The number of aliphatic hydroxyl groups is 1. The standard InChI is InChI=1S/C13H14N2O2/c1-2-17-11-5-3-4-10(8-11)13(16)12-6-7-14-9-15-12/h3-9,13,16H,2H2,1H3. The van der Waals surface area contributed by atoms with Crippen molar-refractivity contribution in [2.45, 2.75) is 13.0 Å². The zero-order chi connectivity index (χ0) is 12.1. The lowest BCUT2D eigenvalue weighted by Gasteiger charge is -2.11. The molecule has 0 aliphatic rings. The summed E-state index contributed by atoms with van der Waals surface area (Å²) in [6.45, 7) is 2.53. The molecule has 0 spiro atoms. The van der Waals surface area contributed by atoms with Crippen molar-refractivity contribution in [1.29, 1.82) is 0 Å². The van der Waals surface area contributed by atoms with Crippen LogP contribution in [0.3, 0.4) is 0 Å². The van der Waals surface area contributed by atoms with E-state index in [1.807, 2.05) is 31.2 Å². The van der Waals surface area contributed by atoms with Crippen molar-refractivity contribution in [3.8, 4) is 5.75 Å². The average molecular weight is 230 g/mol. The predicted octanol–water partition coefficient (Wildman–Crippen LogP) is 1.96. The molecule has 4 nitrogen and oxygen atoms in total. The molecule has 0 aliphatic carbocycles. The van der Waals surface area contributed by atoms with Crippen LogP contribution in [0.1, 0.15) is 24.3 Å². The minimum absolute atomic E-state index is 0.577. The highest BCUT2D eigenvalue weighted by Crippen LogP contribution is 2.23. The van der Waals surface area contributed by atoms with E-state index in [1.54, 1.807) is 12.3 Å². The monoisotopic (exact) mass is 230 g/mol. The average Bonchev–Trinajstić information content (AvgIpc) is 2.40. The third-order valence-corrected chi connectivity index (χ3v) is 2.37. The normalized spacial score (nSPS) is 12.1. The van der Waals surface area contributed by atoms with Crippen molar-refractivity contribution in [2.24, 2.45) is 0 Å². The van der Waals surface area contributed by atoms with Gasteiger partial charge in [-0.3, -0.25) is 0 Å². The Labute approximate surface area is 99.9 Å². The Morgan fingerprint density at radius 3 is 2.94 bits per heavy atom. The van der Waals surface area contributed by atoms with Crippen LogP contribution < -0.4 is 4.74 Å². The van der Waals surface area contributed by atoms with Gasteiger partial charge in [0, 0.05) is 6.20 Å². The highest BCUT2D eigenvalue weighted by Gasteiger charge is 2.11. The molecule has 4 heteroatoms. The van der Waals surface area contributed by atoms with Gasteiger partial charge >= 0.3 is 0 Å². The van der Waals surface area contributed by atoms with Crippen LogP contribution in [0.2, 0.25) is 0 Å². The molecule has 88 valence electrons. The van der Waals surface area contributed by atoms with E-state index in [0.717, 1.165) is 11.3 Å². The molecule has 0 fully saturated rings. The fourth-order valence-corrected chi connectivity index (χ4v) is 1.57. The summed E-state index contributed by atoms with van der Waals surface area (Å²) < 4.78 is 5.39. The molecule has 17 heavy (non-hydrogen) atoms. The fourth-order valence-electron chi connectivity index (χ4n) is 1.57. The molecule has 0 amide bonds. The van der Waals surface area contributed by atoms with Gasteiger partial charge in [-0.25, -0.2) is 9.97 Å². The Kier molecular flexibility index (Phi) is 3.67. The van der Waals surface area contributed by atoms with Crippen molar-refractivity contribution in [3.05, 3.63) is 54.1 Å². The molecule has 2 aromatic rings. The summed E-state index contributed by atoms with van der Waals surface area (Å²) in [6, 6.07) is 9.06. The number of hydrogen-bond donors (Lipinski definition) is 1. The van der Waals surface area contributed by atoms with E-state index in [1.165, 1.54) is 6.33 Å². The third-order valence-electron chi connectivity index (χ3n) is 2.37. The van der Waals surface area contributed by atoms with Gasteiger partial charge < -0.3 is 9.84 Å². The zero-order valence-electron chi connectivity index (χ0n) is 9.58. The van der Waals surface area contributed by atoms with Gasteiger partial charge in [-0.05, 0) is 30.7 Å². The number of ether oxygens (including phenoxy) is 1. The lowest BCUT2D eigenvalue weighted by molar-refractivity contribution is 0.214. The topological polar surface area (TPSA) is 55.2 Å². The van der Waals surface area contributed by atoms with Crippen LogP contribution in [0.25, 0.3) is 0 Å². The lowest BCUT2D eigenvalue weighted by Crippen LogP contribution is -2.03. The lowest BCUT2D eigenvalue weighted by atomic mass is 10.1. The Morgan fingerprint density at radius 1 is 1.35 bits per heavy atom. The third kappa shape index (κ3) is 2.79. The van der Waals surface area contributed by atoms with Crippen LogP contribution in [0.4, 0.5) is 0 Å². The highest BCUT2D eigenvalue weighted by molar-refractivity contribution is 5.33. The first kappa shape index (κ1) is 11.5. The first-order valence-electron chi connectivity index (χ1n) is 5.48. The SMILES string of the molecule is CCOc1cccc(C(O)c2ccncn2)c1. The van der Waals surface area contributed by atoms with Gasteiger partial charge in [0.25, 0.3) is 0 Å². The molecule has 1 aromatic carbocycles. The van der Waals surface area contributed by atoms with Gasteiger partial charge in [0.05, 0.1) is 12.3 Å². The van der Waals surface area contributed by atoms with Crippen molar-refractivity contribution in [1.82, 2.24) is 9.97 Å². The minimum Gasteiger partial charge on any atom is -0.494 e. The molecule has 1 heterocycles. The summed E-state index contributed by atoms with van der Waals surface area (Å²) in [5.41, 5.74) is 1.34. The molecule has 2 rings (SSSR count). The van der Waals surface area contributed by atoms with Gasteiger partial charge in [-0.2, -0.15) is 0 Å². The van der Waals surface area contributed by atoms with Gasteiger partial charge in [-0.15, -0.1) is 0 Å². The van der Waals surface area contributed by atoms with Gasteiger partial charge in [-0.1, -0.05) is 12.1 Å². The van der Waals surface area contributed by atoms with Crippen molar-refractivity contribution >= 4 is 0 Å². The second-order valence-electron chi connectivity index (χ2n) is 3.54. The number of nitrogens with zero attached hydrogens (tertiary/aromatic N) is 2. The maximum absolute atomic E-state index is 10.1. The quantitative estimate of drug-likeness (QED) is 0.872. The second kappa shape index (κ2) is 5.41. The number of hydrogen-bond acceptors (Lipinski definition) is 4. The second-order valence-corrected chi connectivity index (χ2v) is 3.54. The molecule has 0 aliphatic heterocycles. The van der Waals surface area contributed by atoms with Crippen LogP contribution in [0.5, 0.6) is 5.75 Å². The smallest absolute Gasteiger partial charge is 0.121 e. The Morgan fingerprint density at radius 2 is 2.24 bits per heavy atom. The first-order chi connectivity index (χ1) is 8.31. The van der Waals surface area contributed by atoms with E-state index < -0.39 is 6.10 Å². The molecule has 1 atom stereocenters. The Hall–Kier alpha value is -1.94. The summed E-state index contributed by atoms with van der Waals surface area (Å²) >= 11 is 0. The maximum Gasteiger partial charge on any atom is 0.121 e. The summed E-state index contributed by atoms with van der Waals surface area (Å²) in [5.74, 6) is 0.748. The number of aromatic nitrogens is 2. The van der Waals surface area contributed by atoms with E-state index in [4.69, 9.17) is 4.74 Å². The summed E-state index contributed by atoms with van der Waals surface area (Å²) in [5, 5.41) is 10.1. The molecule has 0 bridgehead atoms. The Bertz CT molecular complexity index is 474. The van der Waals surface area contributed by atoms with Gasteiger partial charge in [0.15, 0.2) is 0 Å². The van der Waals surface area contributed by atoms with E-state index >= 15 is 0 Å². The maximum atomic E-state index is 10.1. The number of rotatable bonds is 4. The van der Waals surface area contributed by atoms with E-state index in [9.17, 15) is 5.11 Å². The largest absolute Gasteiger partial charge is 0.494 e. The molecular weight excluding hydrogens is 216 g/mol. The number of aliphatic hydroxyl groups excluding tert-OH is 1. The molecule has 0 saturated heterocycles. The van der Waals surface area contributed by atoms with E-state index in [2.05, 4.69) is 9.97 Å². The zero-order valence-corrected chi connectivity index (χ0v) is 9.58. The first-order valence-corrected chi connectivity index (χ1v) is 5.48. The molecule has 1 aromatic heterocycles. The molecule has 0 radical (unpaired) electrons. The van der Waals surface area contributed by atoms with Crippen molar-refractivity contribution in [3.63, 3.8) is 0 Å². The molecule has 1 N–H and O–H groups in total. The summed E-state index contributed by atoms with van der Waals surface area (Å²) in [6.07, 6.45) is 2.28. The minimum atomic E-state index is -0.751. The fraction of sp³-hybridized carbons (Fsp3) is 0.231. The summed E-state index contributed by atoms with van der Waals surface area (Å²) in [7, 11) is 0. The van der Waals surface area contributed by atoms with Crippen LogP contribution in [-0.2, 0) is 0 Å². The highest BCUT2D eigenvalue weighted by atomic mass is 16.5.